The molecular formula is C31H52N4O6. The molecule has 1 aromatic carbocycles. The number of rotatable bonds is 15. The number of aryl methyl sites for hydroxylation is 1. The average Bonchev–Trinajstić information content (AvgIpc) is 2.83. The average molecular weight is 577 g/mol. The molecule has 0 bridgehead atoms. The molecule has 232 valence electrons. The summed E-state index contributed by atoms with van der Waals surface area (Å²) in [6.07, 6.45) is 2.00. The van der Waals surface area contributed by atoms with Crippen LogP contribution < -0.4 is 16.4 Å². The van der Waals surface area contributed by atoms with E-state index >= 15 is 0 Å². The number of hydrogen-bond acceptors (Lipinski definition) is 6. The first-order chi connectivity index (χ1) is 19.0. The van der Waals surface area contributed by atoms with Crippen LogP contribution >= 0.6 is 0 Å². The second-order valence-electron chi connectivity index (χ2n) is 12.4. The smallest absolute Gasteiger partial charge is 0.408 e. The van der Waals surface area contributed by atoms with Crippen molar-refractivity contribution in [2.45, 2.75) is 131 Å². The molecule has 0 saturated carbocycles. The molecule has 4 amide bonds. The van der Waals surface area contributed by atoms with Gasteiger partial charge >= 0.3 is 6.09 Å². The minimum atomic E-state index is -1.17. The molecule has 1 aromatic rings. The van der Waals surface area contributed by atoms with Gasteiger partial charge in [-0.2, -0.15) is 0 Å². The lowest BCUT2D eigenvalue weighted by atomic mass is 9.95. The highest BCUT2D eigenvalue weighted by atomic mass is 16.6. The second kappa shape index (κ2) is 16.2. The van der Waals surface area contributed by atoms with Crippen molar-refractivity contribution in [1.82, 2.24) is 15.5 Å². The van der Waals surface area contributed by atoms with Crippen LogP contribution in [0.25, 0.3) is 0 Å². The Morgan fingerprint density at radius 1 is 1.00 bits per heavy atom. The summed E-state index contributed by atoms with van der Waals surface area (Å²) in [4.78, 5) is 54.3. The van der Waals surface area contributed by atoms with Gasteiger partial charge in [-0.05, 0) is 96.4 Å². The van der Waals surface area contributed by atoms with E-state index in [0.29, 0.717) is 23.5 Å². The molecule has 0 aromatic heterocycles. The van der Waals surface area contributed by atoms with Gasteiger partial charge in [0.25, 0.3) is 0 Å². The molecule has 10 heteroatoms. The number of carbonyl (C=O) groups excluding carboxylic acids is 4. The van der Waals surface area contributed by atoms with Gasteiger partial charge in [-0.1, -0.05) is 33.3 Å². The zero-order chi connectivity index (χ0) is 31.5. The van der Waals surface area contributed by atoms with E-state index in [1.165, 1.54) is 11.0 Å². The number of alkyl carbamates (subject to hydrolysis) is 1. The molecule has 4 unspecified atom stereocenters. The third-order valence-electron chi connectivity index (χ3n) is 6.73. The molecule has 10 nitrogen and oxygen atoms in total. The molecular weight excluding hydrogens is 524 g/mol. The van der Waals surface area contributed by atoms with Crippen molar-refractivity contribution in [3.05, 3.63) is 29.3 Å². The van der Waals surface area contributed by atoms with Crippen LogP contribution in [0.5, 0.6) is 5.75 Å². The van der Waals surface area contributed by atoms with E-state index in [2.05, 4.69) is 24.5 Å². The summed E-state index contributed by atoms with van der Waals surface area (Å²) in [5, 5.41) is 15.9. The van der Waals surface area contributed by atoms with Crippen LogP contribution in [-0.2, 0) is 19.1 Å². The number of benzene rings is 1. The summed E-state index contributed by atoms with van der Waals surface area (Å²) >= 11 is 0. The maximum atomic E-state index is 14.4. The second-order valence-corrected chi connectivity index (χ2v) is 12.4. The van der Waals surface area contributed by atoms with Crippen molar-refractivity contribution < 1.29 is 29.0 Å². The molecule has 4 atom stereocenters. The fourth-order valence-electron chi connectivity index (χ4n) is 4.60. The molecule has 0 aliphatic heterocycles. The highest BCUT2D eigenvalue weighted by molar-refractivity contribution is 5.92. The summed E-state index contributed by atoms with van der Waals surface area (Å²) in [6.45, 7) is 16.8. The lowest BCUT2D eigenvalue weighted by Gasteiger charge is -2.39. The first kappa shape index (κ1) is 35.7. The summed E-state index contributed by atoms with van der Waals surface area (Å²) in [6, 6.07) is 2.06. The van der Waals surface area contributed by atoms with Crippen molar-refractivity contribution in [2.24, 2.45) is 11.7 Å². The van der Waals surface area contributed by atoms with E-state index in [9.17, 15) is 24.3 Å². The summed E-state index contributed by atoms with van der Waals surface area (Å²) in [5.74, 6) is -1.09. The lowest BCUT2D eigenvalue weighted by molar-refractivity contribution is -0.145. The van der Waals surface area contributed by atoms with E-state index < -0.39 is 41.6 Å². The van der Waals surface area contributed by atoms with Crippen molar-refractivity contribution >= 4 is 23.8 Å². The number of nitrogens with one attached hydrogen (secondary N) is 2. The first-order valence-electron chi connectivity index (χ1n) is 14.7. The van der Waals surface area contributed by atoms with Crippen molar-refractivity contribution in [3.63, 3.8) is 0 Å². The number of phenols is 1. The van der Waals surface area contributed by atoms with Crippen LogP contribution in [0.1, 0.15) is 111 Å². The molecule has 0 radical (unpaired) electrons. The van der Waals surface area contributed by atoms with Crippen LogP contribution in [0.2, 0.25) is 0 Å². The van der Waals surface area contributed by atoms with E-state index in [4.69, 9.17) is 10.5 Å². The monoisotopic (exact) mass is 576 g/mol. The quantitative estimate of drug-likeness (QED) is 0.234. The molecule has 41 heavy (non-hydrogen) atoms. The largest absolute Gasteiger partial charge is 0.508 e. The fraction of sp³-hybridized carbons (Fsp3) is 0.677. The molecule has 0 saturated heterocycles. The molecule has 0 aliphatic rings. The zero-order valence-electron chi connectivity index (χ0n) is 26.4. The predicted molar refractivity (Wildman–Crippen MR) is 160 cm³/mol. The molecule has 5 N–H and O–H groups in total. The molecule has 1 rings (SSSR count). The van der Waals surface area contributed by atoms with Gasteiger partial charge in [0, 0.05) is 18.5 Å². The van der Waals surface area contributed by atoms with Gasteiger partial charge < -0.3 is 31.1 Å². The third kappa shape index (κ3) is 12.4. The van der Waals surface area contributed by atoms with Crippen molar-refractivity contribution in [3.8, 4) is 5.75 Å². The number of ether oxygens (including phenoxy) is 1. The molecule has 0 aliphatic carbocycles. The topological polar surface area (TPSA) is 151 Å². The number of aromatic hydroxyl groups is 1. The van der Waals surface area contributed by atoms with Crippen molar-refractivity contribution in [2.75, 3.05) is 0 Å². The highest BCUT2D eigenvalue weighted by Crippen LogP contribution is 2.31. The van der Waals surface area contributed by atoms with Crippen molar-refractivity contribution in [1.29, 1.82) is 0 Å². The van der Waals surface area contributed by atoms with Gasteiger partial charge in [0.1, 0.15) is 23.4 Å². The maximum absolute atomic E-state index is 14.4. The highest BCUT2D eigenvalue weighted by Gasteiger charge is 2.39. The Bertz CT molecular complexity index is 1040. The molecule has 0 spiro atoms. The van der Waals surface area contributed by atoms with E-state index in [0.717, 1.165) is 19.3 Å². The van der Waals surface area contributed by atoms with Crippen LogP contribution in [0, 0.1) is 12.8 Å². The Kier molecular flexibility index (Phi) is 14.1. The Hall–Kier alpha value is -3.30. The Balaban J connectivity index is 3.71. The first-order valence-corrected chi connectivity index (χ1v) is 14.7. The Morgan fingerprint density at radius 2 is 1.63 bits per heavy atom. The lowest BCUT2D eigenvalue weighted by Crippen LogP contribution is -2.56. The normalized spacial score (nSPS) is 14.5. The summed E-state index contributed by atoms with van der Waals surface area (Å²) < 4.78 is 5.40. The number of carbonyl (C=O) groups is 4. The number of nitrogens with zero attached hydrogens (tertiary/aromatic N) is 1. The van der Waals surface area contributed by atoms with Gasteiger partial charge in [-0.3, -0.25) is 14.4 Å². The fourth-order valence-corrected chi connectivity index (χ4v) is 4.60. The van der Waals surface area contributed by atoms with Gasteiger partial charge in [0.15, 0.2) is 0 Å². The van der Waals surface area contributed by atoms with E-state index in [1.807, 2.05) is 20.8 Å². The molecule has 0 fully saturated rings. The number of primary amides is 1. The zero-order valence-corrected chi connectivity index (χ0v) is 26.4. The van der Waals surface area contributed by atoms with Gasteiger partial charge in [0.2, 0.25) is 17.7 Å². The van der Waals surface area contributed by atoms with Gasteiger partial charge in [-0.15, -0.1) is 0 Å². The van der Waals surface area contributed by atoms with Crippen LogP contribution in [0.15, 0.2) is 18.2 Å². The van der Waals surface area contributed by atoms with E-state index in [-0.39, 0.29) is 30.5 Å². The Morgan fingerprint density at radius 3 is 2.15 bits per heavy atom. The molecule has 0 heterocycles. The predicted octanol–water partition coefficient (Wildman–Crippen LogP) is 4.86. The van der Waals surface area contributed by atoms with Gasteiger partial charge in [-0.25, -0.2) is 4.79 Å². The van der Waals surface area contributed by atoms with Crippen LogP contribution in [0.4, 0.5) is 4.79 Å². The Labute approximate surface area is 245 Å². The standard InChI is InChI=1S/C31H52N4O6/c1-10-11-21(5)33-28(38)27(23-14-16-25(36)20(4)18-23)35(22(6)13-12-19(2)3)29(39)24(15-17-26(32)37)34-30(40)41-31(7,8)9/h14,16,18-19,21-22,24,27,36H,10-13,15,17H2,1-9H3,(H2,32,37)(H,33,38)(H,34,40). The minimum Gasteiger partial charge on any atom is -0.508 e. The van der Waals surface area contributed by atoms with Crippen LogP contribution in [-0.4, -0.2) is 57.5 Å². The third-order valence-corrected chi connectivity index (χ3v) is 6.73. The minimum absolute atomic E-state index is 0.0595. The van der Waals surface area contributed by atoms with Crippen LogP contribution in [0.3, 0.4) is 0 Å². The SMILES string of the molecule is CCCC(C)NC(=O)C(c1ccc(O)c(C)c1)N(C(=O)C(CCC(N)=O)NC(=O)OC(C)(C)C)C(C)CCC(C)C. The number of nitrogens with two attached hydrogens (primary N) is 1. The number of amides is 4. The van der Waals surface area contributed by atoms with E-state index in [1.54, 1.807) is 39.8 Å². The van der Waals surface area contributed by atoms with Gasteiger partial charge in [0.05, 0.1) is 0 Å². The maximum Gasteiger partial charge on any atom is 0.408 e. The number of hydrogen-bond donors (Lipinski definition) is 4. The summed E-state index contributed by atoms with van der Waals surface area (Å²) in [7, 11) is 0. The number of phenolic OH excluding ortho intramolecular Hbond substituents is 1. The summed E-state index contributed by atoms with van der Waals surface area (Å²) in [5.41, 5.74) is 5.68.